The summed E-state index contributed by atoms with van der Waals surface area (Å²) in [5.41, 5.74) is 0.547. The molecule has 8 nitrogen and oxygen atoms in total. The molecule has 30 heavy (non-hydrogen) atoms. The number of hydrogen-bond acceptors (Lipinski definition) is 8. The highest BCUT2D eigenvalue weighted by molar-refractivity contribution is 7.99. The number of nitrogens with zero attached hydrogens (tertiary/aromatic N) is 3. The van der Waals surface area contributed by atoms with Crippen molar-refractivity contribution in [1.82, 2.24) is 20.6 Å². The Morgan fingerprint density at radius 2 is 1.97 bits per heavy atom. The fourth-order valence-electron chi connectivity index (χ4n) is 3.27. The summed E-state index contributed by atoms with van der Waals surface area (Å²) in [4.78, 5) is 34.6. The minimum absolute atomic E-state index is 0.0618. The number of amides is 1. The number of ether oxygens (including phenoxy) is 1. The Bertz CT molecular complexity index is 672. The van der Waals surface area contributed by atoms with Gasteiger partial charge in [-0.3, -0.25) is 0 Å². The van der Waals surface area contributed by atoms with E-state index >= 15 is 0 Å². The van der Waals surface area contributed by atoms with Gasteiger partial charge in [-0.25, -0.2) is 14.8 Å². The van der Waals surface area contributed by atoms with E-state index in [2.05, 4.69) is 32.4 Å². The van der Waals surface area contributed by atoms with Gasteiger partial charge in [-0.15, -0.1) is 11.8 Å². The summed E-state index contributed by atoms with van der Waals surface area (Å²) in [5.74, 6) is 0.787. The van der Waals surface area contributed by atoms with Gasteiger partial charge in [-0.1, -0.05) is 6.92 Å². The van der Waals surface area contributed by atoms with Crippen molar-refractivity contribution in [1.29, 1.82) is 0 Å². The normalized spacial score (nSPS) is 17.3. The van der Waals surface area contributed by atoms with Gasteiger partial charge < -0.3 is 25.1 Å². The standard InChI is InChI=1S/C21H35N5O3S/c1-6-15-12-22-19(23-13-15)26-9-7-16(8-10-26)24-18(30-5)11-17(14-27)25-20(28)29-21(2,3)4/h12-14,16-18,24H,6-11H2,1-5H3,(H,25,28). The van der Waals surface area contributed by atoms with E-state index in [0.29, 0.717) is 12.5 Å². The number of aromatic nitrogens is 2. The van der Waals surface area contributed by atoms with Crippen LogP contribution in [0.5, 0.6) is 0 Å². The van der Waals surface area contributed by atoms with E-state index in [0.717, 1.165) is 50.1 Å². The number of alkyl carbamates (subject to hydrolysis) is 1. The monoisotopic (exact) mass is 437 g/mol. The molecule has 2 N–H and O–H groups in total. The molecule has 1 aliphatic rings. The summed E-state index contributed by atoms with van der Waals surface area (Å²) in [6.07, 6.45) is 9.39. The second-order valence-electron chi connectivity index (χ2n) is 8.52. The Morgan fingerprint density at radius 3 is 2.47 bits per heavy atom. The molecular formula is C21H35N5O3S. The molecule has 0 aromatic carbocycles. The van der Waals surface area contributed by atoms with Crippen LogP contribution < -0.4 is 15.5 Å². The highest BCUT2D eigenvalue weighted by atomic mass is 32.2. The van der Waals surface area contributed by atoms with E-state index in [-0.39, 0.29) is 5.37 Å². The fraction of sp³-hybridized carbons (Fsp3) is 0.714. The summed E-state index contributed by atoms with van der Waals surface area (Å²) < 4.78 is 5.25. The van der Waals surface area contributed by atoms with Gasteiger partial charge in [-0.05, 0) is 58.3 Å². The maximum Gasteiger partial charge on any atom is 0.408 e. The molecule has 1 aliphatic heterocycles. The molecule has 0 bridgehead atoms. The lowest BCUT2D eigenvalue weighted by Gasteiger charge is -2.34. The lowest BCUT2D eigenvalue weighted by molar-refractivity contribution is -0.109. The number of hydrogen-bond donors (Lipinski definition) is 2. The Morgan fingerprint density at radius 1 is 1.33 bits per heavy atom. The number of thioether (sulfide) groups is 1. The predicted octanol–water partition coefficient (Wildman–Crippen LogP) is 2.77. The number of carbonyl (C=O) groups is 2. The van der Waals surface area contributed by atoms with Crippen LogP contribution in [-0.4, -0.2) is 64.8 Å². The van der Waals surface area contributed by atoms with E-state index in [1.165, 1.54) is 0 Å². The first-order valence-corrected chi connectivity index (χ1v) is 11.8. The molecule has 1 saturated heterocycles. The van der Waals surface area contributed by atoms with Gasteiger partial charge in [0.15, 0.2) is 0 Å². The number of piperidine rings is 1. The second-order valence-corrected chi connectivity index (χ2v) is 9.56. The van der Waals surface area contributed by atoms with Gasteiger partial charge in [0.1, 0.15) is 11.9 Å². The Balaban J connectivity index is 1.81. The van der Waals surface area contributed by atoms with Gasteiger partial charge in [0.25, 0.3) is 0 Å². The fourth-order valence-corrected chi connectivity index (χ4v) is 4.00. The van der Waals surface area contributed by atoms with Crippen LogP contribution in [0, 0.1) is 0 Å². The first kappa shape index (κ1) is 24.4. The van der Waals surface area contributed by atoms with Gasteiger partial charge >= 0.3 is 6.09 Å². The average Bonchev–Trinajstić information content (AvgIpc) is 2.71. The number of anilines is 1. The highest BCUT2D eigenvalue weighted by Crippen LogP contribution is 2.19. The van der Waals surface area contributed by atoms with Crippen molar-refractivity contribution in [3.05, 3.63) is 18.0 Å². The van der Waals surface area contributed by atoms with Crippen LogP contribution in [0.2, 0.25) is 0 Å². The molecule has 0 aliphatic carbocycles. The van der Waals surface area contributed by atoms with Crippen LogP contribution in [0.25, 0.3) is 0 Å². The largest absolute Gasteiger partial charge is 0.444 e. The molecule has 2 unspecified atom stereocenters. The molecule has 2 rings (SSSR count). The Hall–Kier alpha value is -1.87. The topological polar surface area (TPSA) is 96.5 Å². The second kappa shape index (κ2) is 11.5. The Labute approximate surface area is 183 Å². The lowest BCUT2D eigenvalue weighted by atomic mass is 10.0. The minimum atomic E-state index is -0.594. The maximum atomic E-state index is 12.0. The predicted molar refractivity (Wildman–Crippen MR) is 121 cm³/mol. The highest BCUT2D eigenvalue weighted by Gasteiger charge is 2.26. The van der Waals surface area contributed by atoms with Crippen LogP contribution >= 0.6 is 11.8 Å². The number of carbonyl (C=O) groups excluding carboxylic acids is 2. The average molecular weight is 438 g/mol. The third-order valence-corrected chi connectivity index (χ3v) is 5.82. The van der Waals surface area contributed by atoms with Crippen molar-refractivity contribution >= 4 is 30.1 Å². The zero-order valence-electron chi connectivity index (χ0n) is 18.7. The van der Waals surface area contributed by atoms with Crippen molar-refractivity contribution in [2.24, 2.45) is 0 Å². The molecular weight excluding hydrogens is 402 g/mol. The quantitative estimate of drug-likeness (QED) is 0.450. The van der Waals surface area contributed by atoms with Gasteiger partial charge in [-0.2, -0.15) is 0 Å². The van der Waals surface area contributed by atoms with Crippen molar-refractivity contribution in [3.63, 3.8) is 0 Å². The summed E-state index contributed by atoms with van der Waals surface area (Å²) in [7, 11) is 0. The molecule has 9 heteroatoms. The molecule has 0 saturated carbocycles. The first-order chi connectivity index (χ1) is 14.2. The number of aldehydes is 1. The number of aryl methyl sites for hydroxylation is 1. The van der Waals surface area contributed by atoms with Crippen molar-refractivity contribution in [2.45, 2.75) is 76.4 Å². The van der Waals surface area contributed by atoms with Gasteiger partial charge in [0.05, 0.1) is 11.4 Å². The summed E-state index contributed by atoms with van der Waals surface area (Å²) in [6.45, 7) is 9.25. The lowest BCUT2D eigenvalue weighted by Crippen LogP contribution is -2.48. The van der Waals surface area contributed by atoms with Crippen LogP contribution in [0.4, 0.5) is 10.7 Å². The Kier molecular flexibility index (Phi) is 9.36. The van der Waals surface area contributed by atoms with Crippen LogP contribution in [0.15, 0.2) is 12.4 Å². The van der Waals surface area contributed by atoms with E-state index < -0.39 is 17.7 Å². The maximum absolute atomic E-state index is 12.0. The van der Waals surface area contributed by atoms with Crippen molar-refractivity contribution in [2.75, 3.05) is 24.2 Å². The third kappa shape index (κ3) is 8.10. The molecule has 2 atom stereocenters. The summed E-state index contributed by atoms with van der Waals surface area (Å²) >= 11 is 1.65. The van der Waals surface area contributed by atoms with E-state index in [4.69, 9.17) is 4.74 Å². The number of nitrogens with one attached hydrogen (secondary N) is 2. The zero-order valence-corrected chi connectivity index (χ0v) is 19.5. The van der Waals surface area contributed by atoms with Crippen molar-refractivity contribution < 1.29 is 14.3 Å². The smallest absolute Gasteiger partial charge is 0.408 e. The van der Waals surface area contributed by atoms with Crippen LogP contribution in [0.1, 0.15) is 52.5 Å². The third-order valence-electron chi connectivity index (χ3n) is 4.92. The molecule has 0 radical (unpaired) electrons. The molecule has 1 fully saturated rings. The molecule has 168 valence electrons. The summed E-state index contributed by atoms with van der Waals surface area (Å²) in [6, 6.07) is -0.238. The SMILES string of the molecule is CCc1cnc(N2CCC(NC(CC(C=O)NC(=O)OC(C)(C)C)SC)CC2)nc1. The minimum Gasteiger partial charge on any atom is -0.444 e. The van der Waals surface area contributed by atoms with Gasteiger partial charge in [0.2, 0.25) is 5.95 Å². The first-order valence-electron chi connectivity index (χ1n) is 10.5. The molecule has 1 aromatic heterocycles. The molecule has 1 aromatic rings. The van der Waals surface area contributed by atoms with Crippen LogP contribution in [0.3, 0.4) is 0 Å². The molecule has 0 spiro atoms. The van der Waals surface area contributed by atoms with Gasteiger partial charge in [0, 0.05) is 31.5 Å². The van der Waals surface area contributed by atoms with Crippen molar-refractivity contribution in [3.8, 4) is 0 Å². The van der Waals surface area contributed by atoms with E-state index in [9.17, 15) is 9.59 Å². The zero-order chi connectivity index (χ0) is 22.1. The van der Waals surface area contributed by atoms with E-state index in [1.807, 2.05) is 18.6 Å². The molecule has 2 heterocycles. The number of rotatable bonds is 9. The molecule has 1 amide bonds. The summed E-state index contributed by atoms with van der Waals surface area (Å²) in [5, 5.41) is 6.34. The van der Waals surface area contributed by atoms with Crippen LogP contribution in [-0.2, 0) is 16.0 Å². The van der Waals surface area contributed by atoms with E-state index in [1.54, 1.807) is 32.5 Å².